The van der Waals surface area contributed by atoms with Crippen molar-refractivity contribution >= 4 is 33.3 Å². The number of halogens is 1. The summed E-state index contributed by atoms with van der Waals surface area (Å²) in [6.07, 6.45) is 0. The Morgan fingerprint density at radius 1 is 1.45 bits per heavy atom. The fraction of sp³-hybridized carbons (Fsp3) is 0.154. The summed E-state index contributed by atoms with van der Waals surface area (Å²) in [7, 11) is 0. The fourth-order valence-corrected chi connectivity index (χ4v) is 2.85. The van der Waals surface area contributed by atoms with Crippen LogP contribution in [-0.4, -0.2) is 20.7 Å². The molecule has 0 aliphatic rings. The van der Waals surface area contributed by atoms with Gasteiger partial charge in [-0.3, -0.25) is 4.79 Å². The summed E-state index contributed by atoms with van der Waals surface area (Å²) in [5.74, 6) is -0.0390. The van der Waals surface area contributed by atoms with Crippen LogP contribution in [0.5, 0.6) is 0 Å². The molecule has 1 amide bonds. The van der Waals surface area contributed by atoms with Crippen LogP contribution >= 0.6 is 11.3 Å². The third-order valence-electron chi connectivity index (χ3n) is 2.68. The Morgan fingerprint density at radius 2 is 2.25 bits per heavy atom. The van der Waals surface area contributed by atoms with Crippen LogP contribution < -0.4 is 5.32 Å². The van der Waals surface area contributed by atoms with E-state index in [0.717, 1.165) is 10.4 Å². The summed E-state index contributed by atoms with van der Waals surface area (Å²) >= 11 is 1.32. The SMILES string of the molecule is CC(=O)Nc1cc(C)nn1-c1nc2c(F)cccc2s1. The number of amides is 1. The minimum Gasteiger partial charge on any atom is -0.311 e. The van der Waals surface area contributed by atoms with Crippen molar-refractivity contribution in [2.75, 3.05) is 5.32 Å². The number of fused-ring (bicyclic) bond motifs is 1. The topological polar surface area (TPSA) is 59.8 Å². The van der Waals surface area contributed by atoms with E-state index in [4.69, 9.17) is 0 Å². The van der Waals surface area contributed by atoms with Gasteiger partial charge in [-0.2, -0.15) is 9.78 Å². The van der Waals surface area contributed by atoms with E-state index in [1.54, 1.807) is 18.2 Å². The molecule has 1 aromatic carbocycles. The zero-order chi connectivity index (χ0) is 14.3. The van der Waals surface area contributed by atoms with E-state index in [0.29, 0.717) is 16.5 Å². The number of carbonyl (C=O) groups is 1. The molecule has 0 atom stereocenters. The Morgan fingerprint density at radius 3 is 2.95 bits per heavy atom. The van der Waals surface area contributed by atoms with E-state index in [-0.39, 0.29) is 11.7 Å². The molecular weight excluding hydrogens is 279 g/mol. The average molecular weight is 290 g/mol. The number of thiazole rings is 1. The van der Waals surface area contributed by atoms with Gasteiger partial charge in [-0.1, -0.05) is 17.4 Å². The minimum atomic E-state index is -0.366. The predicted molar refractivity (Wildman–Crippen MR) is 75.7 cm³/mol. The first-order chi connectivity index (χ1) is 9.54. The Bertz CT molecular complexity index is 808. The van der Waals surface area contributed by atoms with Crippen molar-refractivity contribution in [1.29, 1.82) is 0 Å². The van der Waals surface area contributed by atoms with Gasteiger partial charge in [0.1, 0.15) is 17.2 Å². The first-order valence-corrected chi connectivity index (χ1v) is 6.76. The van der Waals surface area contributed by atoms with Crippen molar-refractivity contribution in [3.8, 4) is 5.13 Å². The van der Waals surface area contributed by atoms with E-state index in [9.17, 15) is 9.18 Å². The highest BCUT2D eigenvalue weighted by Gasteiger charge is 2.14. The number of nitrogens with zero attached hydrogens (tertiary/aromatic N) is 3. The van der Waals surface area contributed by atoms with Crippen LogP contribution in [0.3, 0.4) is 0 Å². The standard InChI is InChI=1S/C13H11FN4OS/c1-7-6-11(15-8(2)19)18(17-7)13-16-12-9(14)4-3-5-10(12)20-13/h3-6H,1-2H3,(H,15,19). The predicted octanol–water partition coefficient (Wildman–Crippen LogP) is 2.89. The lowest BCUT2D eigenvalue weighted by Gasteiger charge is -2.03. The summed E-state index contributed by atoms with van der Waals surface area (Å²) in [6, 6.07) is 6.55. The molecule has 1 N–H and O–H groups in total. The zero-order valence-corrected chi connectivity index (χ0v) is 11.7. The van der Waals surface area contributed by atoms with E-state index in [1.165, 1.54) is 29.0 Å². The molecule has 0 unspecified atom stereocenters. The number of hydrogen-bond acceptors (Lipinski definition) is 4. The maximum atomic E-state index is 13.7. The van der Waals surface area contributed by atoms with Gasteiger partial charge in [0, 0.05) is 13.0 Å². The lowest BCUT2D eigenvalue weighted by molar-refractivity contribution is -0.114. The maximum absolute atomic E-state index is 13.7. The van der Waals surface area contributed by atoms with Crippen LogP contribution in [0.1, 0.15) is 12.6 Å². The molecule has 102 valence electrons. The zero-order valence-electron chi connectivity index (χ0n) is 10.8. The molecule has 3 aromatic rings. The Labute approximate surface area is 118 Å². The molecule has 0 radical (unpaired) electrons. The molecule has 0 saturated carbocycles. The second-order valence-electron chi connectivity index (χ2n) is 4.35. The van der Waals surface area contributed by atoms with Gasteiger partial charge < -0.3 is 5.32 Å². The second kappa shape index (κ2) is 4.68. The van der Waals surface area contributed by atoms with Crippen molar-refractivity contribution in [3.63, 3.8) is 0 Å². The molecule has 0 spiro atoms. The molecule has 20 heavy (non-hydrogen) atoms. The Balaban J connectivity index is 2.15. The van der Waals surface area contributed by atoms with E-state index in [2.05, 4.69) is 15.4 Å². The molecule has 2 aromatic heterocycles. The number of anilines is 1. The number of rotatable bonds is 2. The smallest absolute Gasteiger partial charge is 0.222 e. The highest BCUT2D eigenvalue weighted by atomic mass is 32.1. The summed E-state index contributed by atoms with van der Waals surface area (Å²) in [5, 5.41) is 7.49. The van der Waals surface area contributed by atoms with Crippen LogP contribution in [0.25, 0.3) is 15.3 Å². The van der Waals surface area contributed by atoms with Gasteiger partial charge in [0.05, 0.1) is 10.4 Å². The highest BCUT2D eigenvalue weighted by Crippen LogP contribution is 2.28. The number of nitrogens with one attached hydrogen (secondary N) is 1. The molecule has 0 aliphatic heterocycles. The van der Waals surface area contributed by atoms with Crippen LogP contribution in [-0.2, 0) is 4.79 Å². The Kier molecular flexibility index (Phi) is 2.98. The van der Waals surface area contributed by atoms with Crippen molar-refractivity contribution in [2.24, 2.45) is 0 Å². The van der Waals surface area contributed by atoms with Crippen molar-refractivity contribution in [2.45, 2.75) is 13.8 Å². The van der Waals surface area contributed by atoms with Gasteiger partial charge in [-0.25, -0.2) is 9.37 Å². The van der Waals surface area contributed by atoms with Gasteiger partial charge in [-0.05, 0) is 19.1 Å². The number of aromatic nitrogens is 3. The number of para-hydroxylation sites is 1. The molecule has 7 heteroatoms. The molecule has 2 heterocycles. The molecule has 0 saturated heterocycles. The fourth-order valence-electron chi connectivity index (χ4n) is 1.91. The average Bonchev–Trinajstić information content (AvgIpc) is 2.93. The number of benzene rings is 1. The number of aryl methyl sites for hydroxylation is 1. The van der Waals surface area contributed by atoms with Crippen molar-refractivity contribution in [3.05, 3.63) is 35.8 Å². The maximum Gasteiger partial charge on any atom is 0.222 e. The third-order valence-corrected chi connectivity index (χ3v) is 3.67. The first-order valence-electron chi connectivity index (χ1n) is 5.94. The minimum absolute atomic E-state index is 0.196. The number of carbonyl (C=O) groups excluding carboxylic acids is 1. The molecule has 0 bridgehead atoms. The first kappa shape index (κ1) is 12.7. The van der Waals surface area contributed by atoms with Crippen molar-refractivity contribution in [1.82, 2.24) is 14.8 Å². The lowest BCUT2D eigenvalue weighted by atomic mass is 10.3. The van der Waals surface area contributed by atoms with Crippen LogP contribution in [0, 0.1) is 12.7 Å². The Hall–Kier alpha value is -2.28. The van der Waals surface area contributed by atoms with E-state index in [1.807, 2.05) is 6.92 Å². The molecule has 0 fully saturated rings. The van der Waals surface area contributed by atoms with Gasteiger partial charge in [0.25, 0.3) is 0 Å². The molecule has 0 aliphatic carbocycles. The van der Waals surface area contributed by atoms with Gasteiger partial charge >= 0.3 is 0 Å². The quantitative estimate of drug-likeness (QED) is 0.789. The largest absolute Gasteiger partial charge is 0.311 e. The summed E-state index contributed by atoms with van der Waals surface area (Å²) in [4.78, 5) is 15.5. The normalized spacial score (nSPS) is 10.9. The molecular formula is C13H11FN4OS. The molecule has 5 nitrogen and oxygen atoms in total. The lowest BCUT2D eigenvalue weighted by Crippen LogP contribution is -2.10. The molecule has 3 rings (SSSR count). The van der Waals surface area contributed by atoms with Gasteiger partial charge in [0.15, 0.2) is 0 Å². The number of hydrogen-bond donors (Lipinski definition) is 1. The van der Waals surface area contributed by atoms with Crippen LogP contribution in [0.4, 0.5) is 10.2 Å². The second-order valence-corrected chi connectivity index (χ2v) is 5.36. The van der Waals surface area contributed by atoms with Gasteiger partial charge in [0.2, 0.25) is 11.0 Å². The summed E-state index contributed by atoms with van der Waals surface area (Å²) < 4.78 is 15.9. The monoisotopic (exact) mass is 290 g/mol. The van der Waals surface area contributed by atoms with Crippen LogP contribution in [0.15, 0.2) is 24.3 Å². The van der Waals surface area contributed by atoms with Crippen molar-refractivity contribution < 1.29 is 9.18 Å². The van der Waals surface area contributed by atoms with E-state index >= 15 is 0 Å². The van der Waals surface area contributed by atoms with Crippen LogP contribution in [0.2, 0.25) is 0 Å². The van der Waals surface area contributed by atoms with E-state index < -0.39 is 0 Å². The third kappa shape index (κ3) is 2.16. The van der Waals surface area contributed by atoms with Gasteiger partial charge in [-0.15, -0.1) is 0 Å². The highest BCUT2D eigenvalue weighted by molar-refractivity contribution is 7.20. The summed E-state index contributed by atoms with van der Waals surface area (Å²) in [6.45, 7) is 3.24. The summed E-state index contributed by atoms with van der Waals surface area (Å²) in [5.41, 5.74) is 1.06.